The number of carboxylic acid groups (broad SMARTS) is 2. The van der Waals surface area contributed by atoms with Gasteiger partial charge in [0.2, 0.25) is 18.1 Å². The van der Waals surface area contributed by atoms with Crippen molar-refractivity contribution in [3.8, 4) is 0 Å². The molecule has 0 unspecified atom stereocenters. The maximum Gasteiger partial charge on any atom is 0.349 e. The number of aryl methyl sites for hydroxylation is 2. The van der Waals surface area contributed by atoms with Gasteiger partial charge in [-0.1, -0.05) is 65.7 Å². The molecule has 2 aliphatic heterocycles. The zero-order valence-electron chi connectivity index (χ0n) is 33.6. The van der Waals surface area contributed by atoms with Gasteiger partial charge >= 0.3 is 23.9 Å². The van der Waals surface area contributed by atoms with E-state index in [1.165, 1.54) is 35.5 Å². The average Bonchev–Trinajstić information content (AvgIpc) is 3.58. The van der Waals surface area contributed by atoms with Crippen LogP contribution in [0.4, 0.5) is 11.4 Å². The van der Waals surface area contributed by atoms with Gasteiger partial charge in [-0.15, -0.1) is 0 Å². The summed E-state index contributed by atoms with van der Waals surface area (Å²) in [7, 11) is 2.17. The molecule has 1 aliphatic carbocycles. The molecule has 0 spiro atoms. The molecule has 1 saturated carbocycles. The van der Waals surface area contributed by atoms with Gasteiger partial charge in [-0.2, -0.15) is 0 Å². The van der Waals surface area contributed by atoms with Crippen molar-refractivity contribution >= 4 is 41.2 Å². The van der Waals surface area contributed by atoms with Crippen LogP contribution in [0.3, 0.4) is 0 Å². The third-order valence-electron chi connectivity index (χ3n) is 11.3. The van der Waals surface area contributed by atoms with E-state index in [-0.39, 0.29) is 23.0 Å². The van der Waals surface area contributed by atoms with Crippen molar-refractivity contribution in [2.24, 2.45) is 5.92 Å². The van der Waals surface area contributed by atoms with E-state index >= 15 is 0 Å². The van der Waals surface area contributed by atoms with E-state index in [0.717, 1.165) is 87.2 Å². The molecule has 1 amide bonds. The SMILES string of the molecule is CN1CCN(c2ccccc2C[C@@H]2CCN(c3ccc(C4(O)CCC4)cc3)C2=O)CC1.Cc1ccc(C(=O)O[C@H](C(=O)O)[C@H](OC(=O)c2ccc(C)cc2)C(=O)O)cc1. The van der Waals surface area contributed by atoms with Crippen molar-refractivity contribution < 1.29 is 48.8 Å². The lowest BCUT2D eigenvalue weighted by molar-refractivity contribution is -0.166. The first-order valence-corrected chi connectivity index (χ1v) is 19.9. The molecule has 13 nitrogen and oxygen atoms in total. The highest BCUT2D eigenvalue weighted by molar-refractivity contribution is 5.97. The second-order valence-corrected chi connectivity index (χ2v) is 15.6. The van der Waals surface area contributed by atoms with Crippen LogP contribution in [0.25, 0.3) is 0 Å². The first-order valence-electron chi connectivity index (χ1n) is 19.9. The van der Waals surface area contributed by atoms with Crippen LogP contribution in [0.5, 0.6) is 0 Å². The number of rotatable bonds is 12. The second kappa shape index (κ2) is 18.7. The minimum Gasteiger partial charge on any atom is -0.478 e. The van der Waals surface area contributed by atoms with Gasteiger partial charge in [-0.3, -0.25) is 4.79 Å². The molecule has 310 valence electrons. The minimum atomic E-state index is -2.22. The molecular formula is C46H51N3O10. The summed E-state index contributed by atoms with van der Waals surface area (Å²) in [5, 5.41) is 29.2. The molecule has 13 heteroatoms. The highest BCUT2D eigenvalue weighted by Gasteiger charge is 2.41. The molecule has 7 rings (SSSR count). The Balaban J connectivity index is 0.000000200. The van der Waals surface area contributed by atoms with Crippen LogP contribution in [0, 0.1) is 19.8 Å². The van der Waals surface area contributed by atoms with Crippen LogP contribution >= 0.6 is 0 Å². The van der Waals surface area contributed by atoms with Gasteiger partial charge in [-0.25, -0.2) is 19.2 Å². The zero-order chi connectivity index (χ0) is 42.3. The summed E-state index contributed by atoms with van der Waals surface area (Å²) in [5.74, 6) is -5.36. The number of benzene rings is 4. The Bertz CT molecular complexity index is 2050. The fourth-order valence-corrected chi connectivity index (χ4v) is 7.47. The van der Waals surface area contributed by atoms with E-state index in [4.69, 9.17) is 9.47 Å². The number of hydrogen-bond acceptors (Lipinski definition) is 10. The summed E-state index contributed by atoms with van der Waals surface area (Å²) >= 11 is 0. The Hall–Kier alpha value is -6.05. The molecule has 0 aromatic heterocycles. The number of carbonyl (C=O) groups excluding carboxylic acids is 3. The summed E-state index contributed by atoms with van der Waals surface area (Å²) in [4.78, 5) is 67.3. The van der Waals surface area contributed by atoms with E-state index in [9.17, 15) is 39.3 Å². The third kappa shape index (κ3) is 10.3. The number of piperazine rings is 1. The largest absolute Gasteiger partial charge is 0.478 e. The molecule has 4 aromatic rings. The second-order valence-electron chi connectivity index (χ2n) is 15.6. The van der Waals surface area contributed by atoms with Crippen LogP contribution in [-0.2, 0) is 35.9 Å². The Labute approximate surface area is 343 Å². The Morgan fingerprint density at radius 1 is 0.712 bits per heavy atom. The number of carboxylic acids is 2. The predicted octanol–water partition coefficient (Wildman–Crippen LogP) is 5.63. The van der Waals surface area contributed by atoms with Gasteiger partial charge in [0.15, 0.2) is 0 Å². The molecule has 3 aliphatic rings. The lowest BCUT2D eigenvalue weighted by Crippen LogP contribution is -2.45. The van der Waals surface area contributed by atoms with E-state index < -0.39 is 41.7 Å². The molecule has 2 heterocycles. The summed E-state index contributed by atoms with van der Waals surface area (Å²) in [6.45, 7) is 8.59. The molecule has 0 radical (unpaired) electrons. The molecule has 3 fully saturated rings. The normalized spacial score (nSPS) is 18.4. The monoisotopic (exact) mass is 805 g/mol. The first kappa shape index (κ1) is 42.6. The Morgan fingerprint density at radius 3 is 1.69 bits per heavy atom. The van der Waals surface area contributed by atoms with E-state index in [1.807, 2.05) is 29.2 Å². The van der Waals surface area contributed by atoms with Crippen LogP contribution in [-0.4, -0.2) is 102 Å². The quantitative estimate of drug-likeness (QED) is 0.151. The van der Waals surface area contributed by atoms with Crippen molar-refractivity contribution in [3.05, 3.63) is 130 Å². The lowest BCUT2D eigenvalue weighted by Gasteiger charge is -2.37. The molecular weight excluding hydrogens is 755 g/mol. The van der Waals surface area contributed by atoms with Gasteiger partial charge < -0.3 is 39.5 Å². The van der Waals surface area contributed by atoms with Crippen molar-refractivity contribution in [1.82, 2.24) is 4.90 Å². The topological polar surface area (TPSA) is 174 Å². The Kier molecular flexibility index (Phi) is 13.5. The molecule has 4 aromatic carbocycles. The van der Waals surface area contributed by atoms with Gasteiger partial charge in [-0.05, 0) is 107 Å². The number of esters is 2. The maximum absolute atomic E-state index is 13.2. The van der Waals surface area contributed by atoms with Gasteiger partial charge in [0, 0.05) is 50.0 Å². The lowest BCUT2D eigenvalue weighted by atomic mass is 9.75. The molecule has 0 bridgehead atoms. The van der Waals surface area contributed by atoms with E-state index in [2.05, 4.69) is 41.1 Å². The zero-order valence-corrected chi connectivity index (χ0v) is 33.6. The maximum atomic E-state index is 13.2. The number of anilines is 2. The number of likely N-dealkylation sites (N-methyl/N-ethyl adjacent to an activating group) is 1. The fourth-order valence-electron chi connectivity index (χ4n) is 7.47. The third-order valence-corrected chi connectivity index (χ3v) is 11.3. The fraction of sp³-hybridized carbons (Fsp3) is 0.370. The van der Waals surface area contributed by atoms with E-state index in [1.54, 1.807) is 38.1 Å². The minimum absolute atomic E-state index is 0.0316. The number of hydrogen-bond donors (Lipinski definition) is 3. The number of para-hydroxylation sites is 1. The van der Waals surface area contributed by atoms with Gasteiger partial charge in [0.05, 0.1) is 16.7 Å². The molecule has 2 saturated heterocycles. The van der Waals surface area contributed by atoms with Gasteiger partial charge in [0.25, 0.3) is 0 Å². The highest BCUT2D eigenvalue weighted by atomic mass is 16.6. The van der Waals surface area contributed by atoms with Crippen molar-refractivity contribution in [3.63, 3.8) is 0 Å². The van der Waals surface area contributed by atoms with Crippen molar-refractivity contribution in [2.45, 2.75) is 63.8 Å². The summed E-state index contributed by atoms with van der Waals surface area (Å²) in [5.41, 5.74) is 5.65. The molecule has 3 atom stereocenters. The van der Waals surface area contributed by atoms with Crippen LogP contribution in [0.1, 0.15) is 68.7 Å². The van der Waals surface area contributed by atoms with Crippen LogP contribution < -0.4 is 9.80 Å². The molecule has 59 heavy (non-hydrogen) atoms. The summed E-state index contributed by atoms with van der Waals surface area (Å²) in [6.07, 6.45) is 0.00624. The summed E-state index contributed by atoms with van der Waals surface area (Å²) < 4.78 is 9.64. The molecule has 3 N–H and O–H groups in total. The Morgan fingerprint density at radius 2 is 1.22 bits per heavy atom. The van der Waals surface area contributed by atoms with Crippen LogP contribution in [0.15, 0.2) is 97.1 Å². The number of carbonyl (C=O) groups is 5. The number of nitrogens with zero attached hydrogens (tertiary/aromatic N) is 3. The predicted molar refractivity (Wildman–Crippen MR) is 221 cm³/mol. The first-order chi connectivity index (χ1) is 28.2. The average molecular weight is 806 g/mol. The number of ether oxygens (including phenoxy) is 2. The van der Waals surface area contributed by atoms with E-state index in [0.29, 0.717) is 0 Å². The van der Waals surface area contributed by atoms with Crippen LogP contribution in [0.2, 0.25) is 0 Å². The number of amides is 1. The standard InChI is InChI=1S/C26H33N3O2.C20H18O8/c1-27-15-17-28(18-16-27)24-6-3-2-5-20(24)19-21-11-14-29(25(21)30)23-9-7-22(8-10-23)26(31)12-4-13-26;1-11-3-7-13(8-4-11)19(25)27-15(17(21)22)16(18(23)24)28-20(26)14-9-5-12(2)6-10-14/h2-3,5-10,21,31H,4,11-19H2,1H3;3-10,15-16H,1-2H3,(H,21,22)(H,23,24)/t21-;15-,16-/m00/s1. The summed E-state index contributed by atoms with van der Waals surface area (Å²) in [6, 6.07) is 28.7. The van der Waals surface area contributed by atoms with Gasteiger partial charge in [0.1, 0.15) is 0 Å². The number of aliphatic carboxylic acids is 2. The van der Waals surface area contributed by atoms with Crippen molar-refractivity contribution in [1.29, 1.82) is 0 Å². The highest BCUT2D eigenvalue weighted by Crippen LogP contribution is 2.41. The smallest absolute Gasteiger partial charge is 0.349 e. The number of aliphatic hydroxyl groups is 1. The van der Waals surface area contributed by atoms with Crippen molar-refractivity contribution in [2.75, 3.05) is 49.6 Å².